The zero-order chi connectivity index (χ0) is 22.8. The van der Waals surface area contributed by atoms with E-state index in [-0.39, 0.29) is 19.8 Å². The third-order valence-corrected chi connectivity index (χ3v) is 3.93. The average molecular weight is 436 g/mol. The van der Waals surface area contributed by atoms with Crippen LogP contribution in [0.5, 0.6) is 0 Å². The lowest BCUT2D eigenvalue weighted by Gasteiger charge is -2.45. The number of aliphatic hydroxyl groups excluding tert-OH is 2. The molecule has 172 valence electrons. The van der Waals surface area contributed by atoms with Crippen LogP contribution in [0.3, 0.4) is 0 Å². The predicted molar refractivity (Wildman–Crippen MR) is 95.9 cm³/mol. The van der Waals surface area contributed by atoms with Crippen molar-refractivity contribution < 1.29 is 57.8 Å². The van der Waals surface area contributed by atoms with Gasteiger partial charge < -0.3 is 38.6 Å². The fourth-order valence-corrected chi connectivity index (χ4v) is 2.93. The summed E-state index contributed by atoms with van der Waals surface area (Å²) in [7, 11) is 0. The molecule has 0 aromatic rings. The molecule has 1 aliphatic rings. The molecule has 2 N–H and O–H groups in total. The molecule has 1 saturated heterocycles. The Morgan fingerprint density at radius 1 is 0.867 bits per heavy atom. The highest BCUT2D eigenvalue weighted by Gasteiger charge is 2.54. The van der Waals surface area contributed by atoms with Gasteiger partial charge >= 0.3 is 23.9 Å². The maximum Gasteiger partial charge on any atom is 0.303 e. The van der Waals surface area contributed by atoms with Crippen LogP contribution in [0, 0.1) is 0 Å². The molecule has 6 atom stereocenters. The minimum Gasteiger partial charge on any atom is -0.463 e. The molecule has 0 radical (unpaired) electrons. The molecule has 12 heteroatoms. The van der Waals surface area contributed by atoms with Crippen molar-refractivity contribution in [2.75, 3.05) is 26.4 Å². The smallest absolute Gasteiger partial charge is 0.303 e. The van der Waals surface area contributed by atoms with E-state index in [1.54, 1.807) is 0 Å². The number of ether oxygens (including phenoxy) is 6. The highest BCUT2D eigenvalue weighted by Crippen LogP contribution is 2.31. The van der Waals surface area contributed by atoms with Gasteiger partial charge in [0.1, 0.15) is 24.9 Å². The van der Waals surface area contributed by atoms with Crippen molar-refractivity contribution >= 4 is 23.9 Å². The largest absolute Gasteiger partial charge is 0.463 e. The van der Waals surface area contributed by atoms with Crippen molar-refractivity contribution in [1.82, 2.24) is 0 Å². The highest BCUT2D eigenvalue weighted by atomic mass is 16.7. The van der Waals surface area contributed by atoms with Crippen LogP contribution < -0.4 is 0 Å². The van der Waals surface area contributed by atoms with Gasteiger partial charge in [-0.2, -0.15) is 0 Å². The molecular weight excluding hydrogens is 408 g/mol. The standard InChI is InChI=1S/C18H28O12/c1-9(20)26-8-14-16(27-10(2)21)18(29-12(4)23)17(28-11(3)22)15(30-14)13(24)7-25-6-5-19/h13-19,24H,5-8H2,1-4H3/t13?,14-,15+,16+,17+,18+/m1/s1. The summed E-state index contributed by atoms with van der Waals surface area (Å²) in [6.07, 6.45) is -7.84. The summed E-state index contributed by atoms with van der Waals surface area (Å²) < 4.78 is 31.5. The van der Waals surface area contributed by atoms with Gasteiger partial charge in [0.2, 0.25) is 0 Å². The van der Waals surface area contributed by atoms with Gasteiger partial charge in [0.15, 0.2) is 18.3 Å². The maximum atomic E-state index is 11.7. The van der Waals surface area contributed by atoms with Crippen LogP contribution in [0.4, 0.5) is 0 Å². The van der Waals surface area contributed by atoms with Crippen molar-refractivity contribution in [2.24, 2.45) is 0 Å². The van der Waals surface area contributed by atoms with Crippen molar-refractivity contribution in [2.45, 2.75) is 64.3 Å². The molecule has 0 aromatic heterocycles. The normalized spacial score (nSPS) is 26.9. The Labute approximate surface area is 173 Å². The molecule has 0 aliphatic carbocycles. The molecule has 1 unspecified atom stereocenters. The first-order valence-corrected chi connectivity index (χ1v) is 9.24. The quantitative estimate of drug-likeness (QED) is 0.231. The van der Waals surface area contributed by atoms with E-state index in [1.807, 2.05) is 0 Å². The molecule has 12 nitrogen and oxygen atoms in total. The van der Waals surface area contributed by atoms with E-state index < -0.39 is 67.1 Å². The fraction of sp³-hybridized carbons (Fsp3) is 0.778. The summed E-state index contributed by atoms with van der Waals surface area (Å²) in [5.41, 5.74) is 0. The molecule has 0 amide bonds. The lowest BCUT2D eigenvalue weighted by atomic mass is 9.91. The Hall–Kier alpha value is -2.28. The van der Waals surface area contributed by atoms with Gasteiger partial charge in [-0.05, 0) is 0 Å². The Bertz CT molecular complexity index is 606. The molecule has 30 heavy (non-hydrogen) atoms. The van der Waals surface area contributed by atoms with Crippen LogP contribution in [0.15, 0.2) is 0 Å². The number of esters is 4. The molecule has 1 heterocycles. The van der Waals surface area contributed by atoms with E-state index >= 15 is 0 Å². The van der Waals surface area contributed by atoms with E-state index in [0.29, 0.717) is 0 Å². The SMILES string of the molecule is CC(=O)OC[C@H]1O[C@@H](C(O)COCCO)[C@H](OC(C)=O)[C@@H](OC(C)=O)[C@H]1OC(C)=O. The fourth-order valence-electron chi connectivity index (χ4n) is 2.93. The summed E-state index contributed by atoms with van der Waals surface area (Å²) >= 11 is 0. The van der Waals surface area contributed by atoms with E-state index in [4.69, 9.17) is 33.5 Å². The van der Waals surface area contributed by atoms with Gasteiger partial charge in [0.05, 0.1) is 19.8 Å². The van der Waals surface area contributed by atoms with Gasteiger partial charge in [0, 0.05) is 27.7 Å². The predicted octanol–water partition coefficient (Wildman–Crippen LogP) is -1.52. The first-order chi connectivity index (χ1) is 14.1. The number of hydrogen-bond acceptors (Lipinski definition) is 12. The van der Waals surface area contributed by atoms with E-state index in [1.165, 1.54) is 0 Å². The Morgan fingerprint density at radius 2 is 1.40 bits per heavy atom. The molecule has 0 aromatic carbocycles. The van der Waals surface area contributed by atoms with Gasteiger partial charge in [-0.3, -0.25) is 19.2 Å². The minimum atomic E-state index is -1.39. The van der Waals surface area contributed by atoms with Gasteiger partial charge in [0.25, 0.3) is 0 Å². The molecule has 1 aliphatic heterocycles. The van der Waals surface area contributed by atoms with Gasteiger partial charge in [-0.15, -0.1) is 0 Å². The lowest BCUT2D eigenvalue weighted by molar-refractivity contribution is -0.268. The van der Waals surface area contributed by atoms with Gasteiger partial charge in [-0.25, -0.2) is 0 Å². The van der Waals surface area contributed by atoms with E-state index in [2.05, 4.69) is 0 Å². The zero-order valence-corrected chi connectivity index (χ0v) is 17.3. The molecule has 1 fully saturated rings. The summed E-state index contributed by atoms with van der Waals surface area (Å²) in [4.78, 5) is 46.2. The molecule has 0 spiro atoms. The molecular formula is C18H28O12. The lowest BCUT2D eigenvalue weighted by Crippen LogP contribution is -2.65. The van der Waals surface area contributed by atoms with Gasteiger partial charge in [-0.1, -0.05) is 0 Å². The highest BCUT2D eigenvalue weighted by molar-refractivity contribution is 5.68. The van der Waals surface area contributed by atoms with Crippen LogP contribution in [0.25, 0.3) is 0 Å². The summed E-state index contributed by atoms with van der Waals surface area (Å²) in [6.45, 7) is 3.41. The van der Waals surface area contributed by atoms with E-state index in [9.17, 15) is 24.3 Å². The van der Waals surface area contributed by atoms with Crippen molar-refractivity contribution in [3.05, 3.63) is 0 Å². The van der Waals surface area contributed by atoms with Crippen LogP contribution in [0.2, 0.25) is 0 Å². The number of aliphatic hydroxyl groups is 2. The Balaban J connectivity index is 3.28. The number of carbonyl (C=O) groups excluding carboxylic acids is 4. The second kappa shape index (κ2) is 12.4. The van der Waals surface area contributed by atoms with Crippen LogP contribution in [-0.2, 0) is 47.6 Å². The molecule has 1 rings (SSSR count). The van der Waals surface area contributed by atoms with Crippen molar-refractivity contribution in [1.29, 1.82) is 0 Å². The van der Waals surface area contributed by atoms with Crippen LogP contribution >= 0.6 is 0 Å². The third-order valence-electron chi connectivity index (χ3n) is 3.93. The second-order valence-corrected chi connectivity index (χ2v) is 6.53. The molecule has 0 saturated carbocycles. The van der Waals surface area contributed by atoms with Crippen LogP contribution in [-0.4, -0.2) is 97.1 Å². The topological polar surface area (TPSA) is 164 Å². The van der Waals surface area contributed by atoms with E-state index in [0.717, 1.165) is 27.7 Å². The summed E-state index contributed by atoms with van der Waals surface area (Å²) in [6, 6.07) is 0. The number of hydrogen-bond donors (Lipinski definition) is 2. The maximum absolute atomic E-state index is 11.7. The van der Waals surface area contributed by atoms with Crippen molar-refractivity contribution in [3.8, 4) is 0 Å². The number of carbonyl (C=O) groups is 4. The second-order valence-electron chi connectivity index (χ2n) is 6.53. The summed E-state index contributed by atoms with van der Waals surface area (Å²) in [5.74, 6) is -2.93. The minimum absolute atomic E-state index is 0.0671. The Kier molecular flexibility index (Phi) is 10.7. The van der Waals surface area contributed by atoms with Crippen molar-refractivity contribution in [3.63, 3.8) is 0 Å². The van der Waals surface area contributed by atoms with Crippen LogP contribution in [0.1, 0.15) is 27.7 Å². The summed E-state index contributed by atoms with van der Waals surface area (Å²) in [5, 5.41) is 19.3. The molecule has 0 bridgehead atoms. The number of rotatable bonds is 10. The first kappa shape index (κ1) is 25.8. The third kappa shape index (κ3) is 8.22. The zero-order valence-electron chi connectivity index (χ0n) is 17.3. The monoisotopic (exact) mass is 436 g/mol. The Morgan fingerprint density at radius 3 is 1.90 bits per heavy atom. The average Bonchev–Trinajstić information content (AvgIpc) is 2.62. The first-order valence-electron chi connectivity index (χ1n) is 9.24.